The summed E-state index contributed by atoms with van der Waals surface area (Å²) in [5, 5.41) is 6.11. The smallest absolute Gasteiger partial charge is 0.0749 e. The Bertz CT molecular complexity index is 1040. The molecule has 0 aliphatic heterocycles. The van der Waals surface area contributed by atoms with Gasteiger partial charge in [-0.1, -0.05) is 5.11 Å². The first-order valence-corrected chi connectivity index (χ1v) is 8.57. The molecule has 0 saturated carbocycles. The average Bonchev–Trinajstić information content (AvgIpc) is 2.60. The predicted molar refractivity (Wildman–Crippen MR) is 106 cm³/mol. The number of aromatic nitrogens is 1. The normalized spacial score (nSPS) is 11.2. The van der Waals surface area contributed by atoms with Gasteiger partial charge in [0.2, 0.25) is 0 Å². The van der Waals surface area contributed by atoms with E-state index in [0.29, 0.717) is 0 Å². The molecule has 0 fully saturated rings. The van der Waals surface area contributed by atoms with Crippen molar-refractivity contribution in [3.63, 3.8) is 0 Å². The largest absolute Gasteiger partial charge is 0.247 e. The number of fused-ring (bicyclic) bond motifs is 2. The van der Waals surface area contributed by atoms with Crippen LogP contribution in [0.1, 0.15) is 44.5 Å². The Balaban J connectivity index is 2.81. The average molecular weight is 332 g/mol. The lowest BCUT2D eigenvalue weighted by Crippen LogP contribution is -2.01. The van der Waals surface area contributed by atoms with E-state index in [1.54, 1.807) is 0 Å². The van der Waals surface area contributed by atoms with E-state index in [1.165, 1.54) is 22.3 Å². The van der Waals surface area contributed by atoms with E-state index in [9.17, 15) is 5.53 Å². The van der Waals surface area contributed by atoms with Gasteiger partial charge in [0, 0.05) is 15.7 Å². The molecule has 0 spiro atoms. The number of rotatable bonds is 1. The minimum Gasteiger partial charge on any atom is -0.247 e. The second kappa shape index (κ2) is 5.75. The van der Waals surface area contributed by atoms with Crippen molar-refractivity contribution in [2.45, 2.75) is 55.4 Å². The number of hydrogen-bond donors (Lipinski definition) is 0. The van der Waals surface area contributed by atoms with Crippen molar-refractivity contribution in [3.8, 4) is 0 Å². The van der Waals surface area contributed by atoms with Crippen molar-refractivity contribution in [1.82, 2.24) is 4.98 Å². The molecular formula is C21H24N4. The van der Waals surface area contributed by atoms with Gasteiger partial charge in [0.1, 0.15) is 0 Å². The minimum absolute atomic E-state index is 0.718. The zero-order valence-corrected chi connectivity index (χ0v) is 16.3. The third-order valence-corrected chi connectivity index (χ3v) is 6.15. The van der Waals surface area contributed by atoms with Crippen LogP contribution in [0.25, 0.3) is 32.2 Å². The Morgan fingerprint density at radius 3 is 1.32 bits per heavy atom. The van der Waals surface area contributed by atoms with E-state index >= 15 is 0 Å². The van der Waals surface area contributed by atoms with Gasteiger partial charge in [-0.25, -0.2) is 4.98 Å². The number of aryl methyl sites for hydroxylation is 4. The molecule has 128 valence electrons. The fourth-order valence-corrected chi connectivity index (χ4v) is 3.83. The van der Waals surface area contributed by atoms with Crippen LogP contribution >= 0.6 is 0 Å². The molecule has 0 N–H and O–H groups in total. The van der Waals surface area contributed by atoms with Crippen LogP contribution in [0.5, 0.6) is 0 Å². The van der Waals surface area contributed by atoms with Crippen molar-refractivity contribution >= 4 is 27.5 Å². The zero-order chi connectivity index (χ0) is 18.6. The van der Waals surface area contributed by atoms with Gasteiger partial charge in [-0.2, -0.15) is 0 Å². The van der Waals surface area contributed by atoms with E-state index in [-0.39, 0.29) is 0 Å². The summed E-state index contributed by atoms with van der Waals surface area (Å²) in [5.74, 6) is 0. The zero-order valence-electron chi connectivity index (χ0n) is 16.3. The fraction of sp³-hybridized carbons (Fsp3) is 0.381. The highest BCUT2D eigenvalue weighted by atomic mass is 15.1. The summed E-state index contributed by atoms with van der Waals surface area (Å²) >= 11 is 0. The maximum Gasteiger partial charge on any atom is 0.0749 e. The molecule has 0 atom stereocenters. The summed E-state index contributed by atoms with van der Waals surface area (Å²) in [5.41, 5.74) is 21.4. The molecule has 3 aromatic rings. The lowest BCUT2D eigenvalue weighted by atomic mass is 9.89. The molecule has 0 bridgehead atoms. The molecule has 25 heavy (non-hydrogen) atoms. The Kier molecular flexibility index (Phi) is 3.97. The summed E-state index contributed by atoms with van der Waals surface area (Å²) in [6.45, 7) is 16.9. The molecule has 0 aliphatic rings. The van der Waals surface area contributed by atoms with Gasteiger partial charge in [-0.3, -0.25) is 0 Å². The van der Waals surface area contributed by atoms with Crippen LogP contribution in [0, 0.1) is 55.4 Å². The quantitative estimate of drug-likeness (QED) is 0.209. The summed E-state index contributed by atoms with van der Waals surface area (Å²) in [6, 6.07) is 0. The molecule has 0 radical (unpaired) electrons. The van der Waals surface area contributed by atoms with Crippen molar-refractivity contribution in [2.24, 2.45) is 5.11 Å². The van der Waals surface area contributed by atoms with Gasteiger partial charge >= 0.3 is 0 Å². The number of hydrogen-bond acceptors (Lipinski definition) is 2. The lowest BCUT2D eigenvalue weighted by Gasteiger charge is -2.20. The molecule has 1 aromatic heterocycles. The van der Waals surface area contributed by atoms with Gasteiger partial charge in [-0.05, 0) is 105 Å². The first-order valence-electron chi connectivity index (χ1n) is 8.57. The highest BCUT2D eigenvalue weighted by Crippen LogP contribution is 2.42. The van der Waals surface area contributed by atoms with Crippen LogP contribution in [-0.2, 0) is 0 Å². The summed E-state index contributed by atoms with van der Waals surface area (Å²) < 4.78 is 0. The van der Waals surface area contributed by atoms with E-state index < -0.39 is 0 Å². The van der Waals surface area contributed by atoms with Crippen LogP contribution in [0.3, 0.4) is 0 Å². The SMILES string of the molecule is Cc1c(C)c(C)c2c(N=[N+]=[N-])c3c(C)c(C)c(C)c(C)c3nc2c1C. The minimum atomic E-state index is 0.718. The molecule has 0 saturated heterocycles. The monoisotopic (exact) mass is 332 g/mol. The van der Waals surface area contributed by atoms with Crippen LogP contribution in [-0.4, -0.2) is 4.98 Å². The van der Waals surface area contributed by atoms with Gasteiger partial charge in [0.15, 0.2) is 0 Å². The number of pyridine rings is 1. The Hall–Kier alpha value is -2.58. The van der Waals surface area contributed by atoms with Crippen molar-refractivity contribution in [3.05, 3.63) is 55.0 Å². The van der Waals surface area contributed by atoms with Crippen molar-refractivity contribution < 1.29 is 0 Å². The Labute approximate surface area is 148 Å². The molecule has 3 rings (SSSR count). The van der Waals surface area contributed by atoms with Gasteiger partial charge in [0.05, 0.1) is 16.7 Å². The van der Waals surface area contributed by atoms with Crippen LogP contribution in [0.2, 0.25) is 0 Å². The lowest BCUT2D eigenvalue weighted by molar-refractivity contribution is 1.21. The summed E-state index contributed by atoms with van der Waals surface area (Å²) in [6.07, 6.45) is 0. The van der Waals surface area contributed by atoms with E-state index in [2.05, 4.69) is 65.4 Å². The molecule has 0 unspecified atom stereocenters. The molecule has 4 heteroatoms. The van der Waals surface area contributed by atoms with Crippen molar-refractivity contribution in [2.75, 3.05) is 0 Å². The topological polar surface area (TPSA) is 61.7 Å². The summed E-state index contributed by atoms with van der Waals surface area (Å²) in [7, 11) is 0. The second-order valence-corrected chi connectivity index (χ2v) is 7.10. The Morgan fingerprint density at radius 2 is 0.960 bits per heavy atom. The highest BCUT2D eigenvalue weighted by Gasteiger charge is 2.20. The predicted octanol–water partition coefficient (Wildman–Crippen LogP) is 6.80. The molecular weight excluding hydrogens is 308 g/mol. The van der Waals surface area contributed by atoms with Crippen molar-refractivity contribution in [1.29, 1.82) is 0 Å². The van der Waals surface area contributed by atoms with Gasteiger partial charge < -0.3 is 0 Å². The first kappa shape index (κ1) is 17.2. The van der Waals surface area contributed by atoms with Gasteiger partial charge in [-0.15, -0.1) is 0 Å². The highest BCUT2D eigenvalue weighted by molar-refractivity contribution is 6.11. The van der Waals surface area contributed by atoms with E-state index in [4.69, 9.17) is 4.98 Å². The molecule has 0 amide bonds. The summed E-state index contributed by atoms with van der Waals surface area (Å²) in [4.78, 5) is 8.21. The fourth-order valence-electron chi connectivity index (χ4n) is 3.83. The Morgan fingerprint density at radius 1 is 0.600 bits per heavy atom. The third kappa shape index (κ3) is 2.21. The third-order valence-electron chi connectivity index (χ3n) is 6.15. The van der Waals surface area contributed by atoms with Crippen LogP contribution < -0.4 is 0 Å². The molecule has 4 nitrogen and oxygen atoms in total. The number of azide groups is 1. The number of nitrogens with zero attached hydrogens (tertiary/aromatic N) is 4. The second-order valence-electron chi connectivity index (χ2n) is 7.10. The van der Waals surface area contributed by atoms with E-state index in [1.807, 2.05) is 0 Å². The maximum atomic E-state index is 9.24. The molecule has 1 heterocycles. The standard InChI is InChI=1S/C21H24N4/c1-9-11(3)15(7)19-17(13(9)5)21(24-25-22)18-14(6)10(2)12(4)16(8)20(18)23-19/h1-8H3. The van der Waals surface area contributed by atoms with Crippen LogP contribution in [0.4, 0.5) is 5.69 Å². The number of benzene rings is 2. The van der Waals surface area contributed by atoms with Crippen LogP contribution in [0.15, 0.2) is 5.11 Å². The van der Waals surface area contributed by atoms with Gasteiger partial charge in [0.25, 0.3) is 0 Å². The molecule has 0 aliphatic carbocycles. The maximum absolute atomic E-state index is 9.24. The molecule has 2 aromatic carbocycles. The first-order chi connectivity index (χ1) is 11.7. The van der Waals surface area contributed by atoms with E-state index in [0.717, 1.165) is 49.7 Å².